The number of hydrogen-bond donors (Lipinski definition) is 0. The molecule has 3 aliphatic rings. The zero-order valence-electron chi connectivity index (χ0n) is 17.9. The van der Waals surface area contributed by atoms with Crippen molar-refractivity contribution in [3.63, 3.8) is 0 Å². The summed E-state index contributed by atoms with van der Waals surface area (Å²) in [5, 5.41) is 0. The first kappa shape index (κ1) is 19.9. The third-order valence-corrected chi connectivity index (χ3v) is 8.24. The zero-order chi connectivity index (χ0) is 19.3. The Morgan fingerprint density at radius 1 is 1.23 bits per heavy atom. The van der Waals surface area contributed by atoms with Crippen molar-refractivity contribution in [2.45, 2.75) is 85.9 Å². The molecule has 0 unspecified atom stereocenters. The smallest absolute Gasteiger partial charge is 0.298 e. The van der Waals surface area contributed by atoms with E-state index in [0.29, 0.717) is 17.8 Å². The van der Waals surface area contributed by atoms with Crippen molar-refractivity contribution in [1.82, 2.24) is 0 Å². The van der Waals surface area contributed by atoms with E-state index in [0.717, 1.165) is 19.3 Å². The van der Waals surface area contributed by atoms with Gasteiger partial charge in [-0.25, -0.2) is 0 Å². The average Bonchev–Trinajstić information content (AvgIpc) is 2.52. The lowest BCUT2D eigenvalue weighted by atomic mass is 9.47. The van der Waals surface area contributed by atoms with Crippen molar-refractivity contribution in [3.8, 4) is 0 Å². The minimum Gasteiger partial charge on any atom is -0.519 e. The lowest BCUT2D eigenvalue weighted by Crippen LogP contribution is -2.54. The first-order chi connectivity index (χ1) is 12.0. The van der Waals surface area contributed by atoms with Crippen LogP contribution < -0.4 is 0 Å². The highest BCUT2D eigenvalue weighted by molar-refractivity contribution is 6.71. The van der Waals surface area contributed by atoms with Gasteiger partial charge in [0, 0.05) is 0 Å². The lowest BCUT2D eigenvalue weighted by molar-refractivity contribution is -0.160. The minimum atomic E-state index is -1.86. The monoisotopic (exact) mass is 374 g/mol. The topological polar surface area (TPSA) is 26.3 Å². The van der Waals surface area contributed by atoms with E-state index >= 15 is 0 Å². The van der Waals surface area contributed by atoms with Gasteiger partial charge in [-0.15, -0.1) is 0 Å². The second kappa shape index (κ2) is 6.65. The summed E-state index contributed by atoms with van der Waals surface area (Å²) >= 11 is 0. The molecule has 1 saturated carbocycles. The van der Waals surface area contributed by atoms with Gasteiger partial charge in [0.15, 0.2) is 0 Å². The predicted octanol–water partition coefficient (Wildman–Crippen LogP) is 6.50. The molecule has 3 heteroatoms. The highest BCUT2D eigenvalue weighted by Gasteiger charge is 2.57. The van der Waals surface area contributed by atoms with E-state index in [1.165, 1.54) is 19.3 Å². The van der Waals surface area contributed by atoms with E-state index in [1.807, 2.05) is 0 Å². The van der Waals surface area contributed by atoms with Crippen molar-refractivity contribution in [2.75, 3.05) is 0 Å². The van der Waals surface area contributed by atoms with E-state index in [4.69, 9.17) is 4.43 Å². The second-order valence-electron chi connectivity index (χ2n) is 10.7. The van der Waals surface area contributed by atoms with Crippen LogP contribution in [0.2, 0.25) is 19.6 Å². The highest BCUT2D eigenvalue weighted by atomic mass is 28.4. The van der Waals surface area contributed by atoms with Crippen LogP contribution in [-0.4, -0.2) is 14.3 Å². The predicted molar refractivity (Wildman–Crippen MR) is 111 cm³/mol. The third kappa shape index (κ3) is 3.36. The van der Waals surface area contributed by atoms with Gasteiger partial charge in [0.2, 0.25) is 8.32 Å². The van der Waals surface area contributed by atoms with Crippen LogP contribution >= 0.6 is 0 Å². The molecule has 0 amide bonds. The molecule has 1 fully saturated rings. The third-order valence-electron chi connectivity index (χ3n) is 7.44. The number of carbonyl (C=O) groups excluding carboxylic acids is 1. The molecule has 26 heavy (non-hydrogen) atoms. The quantitative estimate of drug-likeness (QED) is 0.527. The van der Waals surface area contributed by atoms with Gasteiger partial charge in [0.05, 0.1) is 5.41 Å². The Morgan fingerprint density at radius 3 is 2.54 bits per heavy atom. The maximum atomic E-state index is 13.2. The molecule has 0 saturated heterocycles. The van der Waals surface area contributed by atoms with E-state index in [9.17, 15) is 4.79 Å². The molecular weight excluding hydrogens is 336 g/mol. The SMILES string of the molecule is CC(C)C1=CC2=CC[C@@H]3[C@](C)(CCC[C@@]3(C)C(=O)O[Si](C)(C)C)[C@H]2CC1. The van der Waals surface area contributed by atoms with Crippen molar-refractivity contribution >= 4 is 14.3 Å². The summed E-state index contributed by atoms with van der Waals surface area (Å²) in [7, 11) is -1.86. The lowest BCUT2D eigenvalue weighted by Gasteiger charge is -2.57. The van der Waals surface area contributed by atoms with Gasteiger partial charge in [-0.2, -0.15) is 0 Å². The molecule has 4 atom stereocenters. The first-order valence-electron chi connectivity index (χ1n) is 10.6. The van der Waals surface area contributed by atoms with Crippen molar-refractivity contribution in [1.29, 1.82) is 0 Å². The minimum absolute atomic E-state index is 0.0821. The van der Waals surface area contributed by atoms with Crippen LogP contribution in [0.1, 0.15) is 66.2 Å². The van der Waals surface area contributed by atoms with Crippen LogP contribution in [0.5, 0.6) is 0 Å². The maximum Gasteiger partial charge on any atom is 0.298 e. The largest absolute Gasteiger partial charge is 0.519 e. The van der Waals surface area contributed by atoms with Crippen LogP contribution in [0.25, 0.3) is 0 Å². The Balaban J connectivity index is 1.94. The Morgan fingerprint density at radius 2 is 1.92 bits per heavy atom. The van der Waals surface area contributed by atoms with Gasteiger partial charge < -0.3 is 4.43 Å². The molecule has 0 aromatic carbocycles. The van der Waals surface area contributed by atoms with Gasteiger partial charge >= 0.3 is 0 Å². The summed E-state index contributed by atoms with van der Waals surface area (Å²) in [6, 6.07) is 0. The van der Waals surface area contributed by atoms with Crippen LogP contribution in [0.3, 0.4) is 0 Å². The molecule has 0 aromatic rings. The molecule has 3 aliphatic carbocycles. The molecular formula is C23H38O2Si. The van der Waals surface area contributed by atoms with Gasteiger partial charge in [0.1, 0.15) is 0 Å². The molecule has 0 aliphatic heterocycles. The van der Waals surface area contributed by atoms with Crippen LogP contribution in [-0.2, 0) is 9.22 Å². The average molecular weight is 375 g/mol. The zero-order valence-corrected chi connectivity index (χ0v) is 18.9. The van der Waals surface area contributed by atoms with Gasteiger partial charge in [-0.1, -0.05) is 44.9 Å². The second-order valence-corrected chi connectivity index (χ2v) is 15.2. The highest BCUT2D eigenvalue weighted by Crippen LogP contribution is 2.62. The molecule has 2 nitrogen and oxygen atoms in total. The number of carbonyl (C=O) groups is 1. The Labute approximate surface area is 161 Å². The fraction of sp³-hybridized carbons (Fsp3) is 0.783. The maximum absolute atomic E-state index is 13.2. The van der Waals surface area contributed by atoms with Gasteiger partial charge in [0.25, 0.3) is 5.97 Å². The number of allylic oxidation sites excluding steroid dienone is 4. The Kier molecular flexibility index (Phi) is 5.09. The molecule has 0 radical (unpaired) electrons. The number of rotatable bonds is 3. The fourth-order valence-corrected chi connectivity index (χ4v) is 6.77. The van der Waals surface area contributed by atoms with Gasteiger partial charge in [-0.3, -0.25) is 4.79 Å². The standard InChI is InChI=1S/C23H38O2Si/c1-16(2)17-9-11-19-18(15-17)10-12-20-22(19,3)13-8-14-23(20,4)21(24)25-26(5,6)7/h10,15-16,19-20H,8-9,11-14H2,1-7H3/t19-,20+,22+,23+/m0/s1. The van der Waals surface area contributed by atoms with E-state index in [-0.39, 0.29) is 16.8 Å². The Bertz CT molecular complexity index is 639. The van der Waals surface area contributed by atoms with Crippen LogP contribution in [0.4, 0.5) is 0 Å². The first-order valence-corrected chi connectivity index (χ1v) is 14.0. The van der Waals surface area contributed by atoms with Crippen molar-refractivity contribution in [3.05, 3.63) is 23.3 Å². The summed E-state index contributed by atoms with van der Waals surface area (Å²) in [6.45, 7) is 15.7. The number of fused-ring (bicyclic) bond motifs is 3. The summed E-state index contributed by atoms with van der Waals surface area (Å²) in [5.74, 6) is 1.75. The summed E-state index contributed by atoms with van der Waals surface area (Å²) in [6.07, 6.45) is 11.8. The summed E-state index contributed by atoms with van der Waals surface area (Å²) in [4.78, 5) is 13.2. The van der Waals surface area contributed by atoms with Crippen LogP contribution in [0, 0.1) is 28.6 Å². The normalized spacial score (nSPS) is 37.4. The van der Waals surface area contributed by atoms with E-state index < -0.39 is 8.32 Å². The molecule has 146 valence electrons. The van der Waals surface area contributed by atoms with Crippen molar-refractivity contribution < 1.29 is 9.22 Å². The van der Waals surface area contributed by atoms with E-state index in [1.54, 1.807) is 11.1 Å². The summed E-state index contributed by atoms with van der Waals surface area (Å²) < 4.78 is 6.03. The molecule has 0 aromatic heterocycles. The van der Waals surface area contributed by atoms with Crippen molar-refractivity contribution in [2.24, 2.45) is 28.6 Å². The van der Waals surface area contributed by atoms with E-state index in [2.05, 4.69) is 59.5 Å². The molecule has 0 heterocycles. The molecule has 0 N–H and O–H groups in total. The molecule has 0 spiro atoms. The van der Waals surface area contributed by atoms with Gasteiger partial charge in [-0.05, 0) is 87.4 Å². The molecule has 0 bridgehead atoms. The van der Waals surface area contributed by atoms with Crippen LogP contribution in [0.15, 0.2) is 23.3 Å². The Hall–Kier alpha value is -0.833. The fourth-order valence-electron chi connectivity index (χ4n) is 5.98. The summed E-state index contributed by atoms with van der Waals surface area (Å²) in [5.41, 5.74) is 3.07. The molecule has 3 rings (SSSR count). The number of hydrogen-bond acceptors (Lipinski definition) is 2.